The standard InChI is InChI=1S/C12H14N2O3S/c1-10-3-4-11(12(7-10)18(15,16)17)8-14-6-5-13(2)9-14/h3-7,9H,8H2,1-2H3/p+1. The Hall–Kier alpha value is -1.66. The van der Waals surface area contributed by atoms with Crippen molar-refractivity contribution in [2.45, 2.75) is 18.4 Å². The maximum Gasteiger partial charge on any atom is 0.294 e. The average Bonchev–Trinajstić information content (AvgIpc) is 2.65. The Morgan fingerprint density at radius 1 is 1.39 bits per heavy atom. The Morgan fingerprint density at radius 2 is 2.11 bits per heavy atom. The van der Waals surface area contributed by atoms with Crippen LogP contribution in [0.1, 0.15) is 11.1 Å². The molecule has 1 heterocycles. The molecule has 1 N–H and O–H groups in total. The van der Waals surface area contributed by atoms with Gasteiger partial charge in [0, 0.05) is 5.56 Å². The van der Waals surface area contributed by atoms with E-state index in [0.29, 0.717) is 12.1 Å². The number of benzene rings is 1. The van der Waals surface area contributed by atoms with Crippen LogP contribution in [0.3, 0.4) is 0 Å². The second kappa shape index (κ2) is 4.55. The van der Waals surface area contributed by atoms with Gasteiger partial charge in [0.25, 0.3) is 10.1 Å². The van der Waals surface area contributed by atoms with Crippen molar-refractivity contribution in [3.8, 4) is 0 Å². The van der Waals surface area contributed by atoms with Gasteiger partial charge in [-0.05, 0) is 18.6 Å². The average molecular weight is 267 g/mol. The van der Waals surface area contributed by atoms with E-state index in [-0.39, 0.29) is 4.90 Å². The van der Waals surface area contributed by atoms with Gasteiger partial charge in [-0.15, -0.1) is 0 Å². The zero-order valence-electron chi connectivity index (χ0n) is 10.2. The van der Waals surface area contributed by atoms with E-state index in [9.17, 15) is 13.0 Å². The van der Waals surface area contributed by atoms with Crippen LogP contribution in [0.15, 0.2) is 41.8 Å². The monoisotopic (exact) mass is 267 g/mol. The summed E-state index contributed by atoms with van der Waals surface area (Å²) in [7, 11) is -2.31. The third-order valence-corrected chi connectivity index (χ3v) is 3.61. The summed E-state index contributed by atoms with van der Waals surface area (Å²) in [5, 5.41) is 0. The molecular weight excluding hydrogens is 252 g/mol. The minimum Gasteiger partial charge on any atom is -0.282 e. The maximum absolute atomic E-state index is 11.3. The molecule has 96 valence electrons. The highest BCUT2D eigenvalue weighted by Gasteiger charge is 2.17. The molecule has 0 aliphatic rings. The molecule has 0 saturated carbocycles. The molecule has 0 radical (unpaired) electrons. The number of rotatable bonds is 3. The van der Waals surface area contributed by atoms with Crippen LogP contribution in [0.5, 0.6) is 0 Å². The lowest BCUT2D eigenvalue weighted by Gasteiger charge is -2.06. The van der Waals surface area contributed by atoms with Gasteiger partial charge in [0.05, 0.1) is 7.05 Å². The van der Waals surface area contributed by atoms with E-state index in [4.69, 9.17) is 0 Å². The highest BCUT2D eigenvalue weighted by atomic mass is 32.2. The lowest BCUT2D eigenvalue weighted by molar-refractivity contribution is -0.688. The van der Waals surface area contributed by atoms with Crippen molar-refractivity contribution in [3.05, 3.63) is 48.0 Å². The molecule has 0 aliphatic heterocycles. The molecule has 0 amide bonds. The van der Waals surface area contributed by atoms with Gasteiger partial charge in [0.15, 0.2) is 0 Å². The minimum absolute atomic E-state index is 0.0288. The van der Waals surface area contributed by atoms with Crippen LogP contribution in [-0.4, -0.2) is 17.5 Å². The molecule has 5 nitrogen and oxygen atoms in total. The molecule has 0 unspecified atom stereocenters. The summed E-state index contributed by atoms with van der Waals surface area (Å²) < 4.78 is 35.6. The van der Waals surface area contributed by atoms with E-state index in [1.165, 1.54) is 6.07 Å². The van der Waals surface area contributed by atoms with Crippen LogP contribution in [0.4, 0.5) is 0 Å². The number of imidazole rings is 1. The van der Waals surface area contributed by atoms with E-state index < -0.39 is 10.1 Å². The lowest BCUT2D eigenvalue weighted by Crippen LogP contribution is -2.32. The fraction of sp³-hybridized carbons (Fsp3) is 0.250. The summed E-state index contributed by atoms with van der Waals surface area (Å²) in [6.45, 7) is 2.18. The van der Waals surface area contributed by atoms with Crippen LogP contribution in [-0.2, 0) is 23.7 Å². The topological polar surface area (TPSA) is 63.2 Å². The number of hydrogen-bond donors (Lipinski definition) is 1. The fourth-order valence-corrected chi connectivity index (χ4v) is 2.62. The zero-order valence-corrected chi connectivity index (χ0v) is 11.1. The minimum atomic E-state index is -4.19. The van der Waals surface area contributed by atoms with Crippen LogP contribution < -0.4 is 4.57 Å². The summed E-state index contributed by atoms with van der Waals surface area (Å²) in [6.07, 6.45) is 5.54. The van der Waals surface area contributed by atoms with Crippen LogP contribution in [0.2, 0.25) is 0 Å². The van der Waals surface area contributed by atoms with Crippen molar-refractivity contribution in [3.63, 3.8) is 0 Å². The number of aromatic nitrogens is 2. The summed E-state index contributed by atoms with van der Waals surface area (Å²) >= 11 is 0. The molecule has 6 heteroatoms. The molecule has 0 fully saturated rings. The first-order valence-corrected chi connectivity index (χ1v) is 6.88. The lowest BCUT2D eigenvalue weighted by atomic mass is 10.1. The molecule has 2 rings (SSSR count). The van der Waals surface area contributed by atoms with Crippen LogP contribution in [0.25, 0.3) is 0 Å². The Labute approximate surface area is 106 Å². The summed E-state index contributed by atoms with van der Waals surface area (Å²) in [5.74, 6) is 0. The molecule has 18 heavy (non-hydrogen) atoms. The smallest absolute Gasteiger partial charge is 0.282 e. The van der Waals surface area contributed by atoms with Crippen molar-refractivity contribution < 1.29 is 17.5 Å². The van der Waals surface area contributed by atoms with E-state index in [1.54, 1.807) is 13.0 Å². The van der Waals surface area contributed by atoms with Gasteiger partial charge in [-0.1, -0.05) is 12.1 Å². The van der Waals surface area contributed by atoms with Gasteiger partial charge in [-0.2, -0.15) is 8.42 Å². The highest BCUT2D eigenvalue weighted by Crippen LogP contribution is 2.17. The second-order valence-electron chi connectivity index (χ2n) is 4.34. The highest BCUT2D eigenvalue weighted by molar-refractivity contribution is 7.85. The number of nitrogens with zero attached hydrogens (tertiary/aromatic N) is 2. The van der Waals surface area contributed by atoms with Crippen molar-refractivity contribution in [1.29, 1.82) is 0 Å². The van der Waals surface area contributed by atoms with E-state index in [0.717, 1.165) is 5.56 Å². The third kappa shape index (κ3) is 2.77. The first kappa shape index (κ1) is 12.8. The Morgan fingerprint density at radius 3 is 2.67 bits per heavy atom. The molecule has 0 aliphatic carbocycles. The Balaban J connectivity index is 2.45. The zero-order chi connectivity index (χ0) is 13.3. The SMILES string of the molecule is Cc1ccc(C[n+]2ccn(C)c2)c(S(=O)(=O)O)c1. The molecule has 2 aromatic rings. The second-order valence-corrected chi connectivity index (χ2v) is 5.73. The normalized spacial score (nSPS) is 11.7. The van der Waals surface area contributed by atoms with Gasteiger partial charge >= 0.3 is 0 Å². The first-order chi connectivity index (χ1) is 8.36. The maximum atomic E-state index is 11.3. The van der Waals surface area contributed by atoms with Crippen LogP contribution >= 0.6 is 0 Å². The predicted molar refractivity (Wildman–Crippen MR) is 65.7 cm³/mol. The molecule has 1 aromatic heterocycles. The van der Waals surface area contributed by atoms with E-state index in [2.05, 4.69) is 0 Å². The summed E-state index contributed by atoms with van der Waals surface area (Å²) in [6, 6.07) is 5.03. The number of hydrogen-bond acceptors (Lipinski definition) is 2. The third-order valence-electron chi connectivity index (χ3n) is 2.68. The van der Waals surface area contributed by atoms with Crippen molar-refractivity contribution in [1.82, 2.24) is 4.57 Å². The van der Waals surface area contributed by atoms with Gasteiger partial charge in [0.2, 0.25) is 6.33 Å². The first-order valence-electron chi connectivity index (χ1n) is 5.44. The van der Waals surface area contributed by atoms with Crippen LogP contribution in [0, 0.1) is 6.92 Å². The summed E-state index contributed by atoms with van der Waals surface area (Å²) in [4.78, 5) is -0.0288. The molecule has 0 saturated heterocycles. The Bertz CT molecular complexity index is 674. The van der Waals surface area contributed by atoms with Crippen molar-refractivity contribution in [2.75, 3.05) is 0 Å². The van der Waals surface area contributed by atoms with E-state index >= 15 is 0 Å². The van der Waals surface area contributed by atoms with Gasteiger partial charge in [0.1, 0.15) is 23.8 Å². The van der Waals surface area contributed by atoms with Crippen molar-refractivity contribution in [2.24, 2.45) is 7.05 Å². The van der Waals surface area contributed by atoms with Gasteiger partial charge in [-0.3, -0.25) is 4.55 Å². The Kier molecular flexibility index (Phi) is 3.23. The summed E-state index contributed by atoms with van der Waals surface area (Å²) in [5.41, 5.74) is 1.36. The van der Waals surface area contributed by atoms with E-state index in [1.807, 2.05) is 41.0 Å². The quantitative estimate of drug-likeness (QED) is 0.664. The molecule has 0 spiro atoms. The van der Waals surface area contributed by atoms with Gasteiger partial charge in [-0.25, -0.2) is 9.13 Å². The molecule has 0 atom stereocenters. The molecule has 0 bridgehead atoms. The molecule has 1 aromatic carbocycles. The molecular formula is C12H15N2O3S+. The van der Waals surface area contributed by atoms with Gasteiger partial charge < -0.3 is 0 Å². The number of aryl methyl sites for hydroxylation is 2. The van der Waals surface area contributed by atoms with Crippen molar-refractivity contribution >= 4 is 10.1 Å². The fourth-order valence-electron chi connectivity index (χ4n) is 1.82. The largest absolute Gasteiger partial charge is 0.294 e. The predicted octanol–water partition coefficient (Wildman–Crippen LogP) is 0.916.